The van der Waals surface area contributed by atoms with Gasteiger partial charge >= 0.3 is 5.97 Å². The van der Waals surface area contributed by atoms with Gasteiger partial charge in [0, 0.05) is 18.1 Å². The van der Waals surface area contributed by atoms with Crippen molar-refractivity contribution in [3.8, 4) is 11.8 Å². The first kappa shape index (κ1) is 17.4. The van der Waals surface area contributed by atoms with Gasteiger partial charge in [0.1, 0.15) is 11.8 Å². The average Bonchev–Trinajstić information content (AvgIpc) is 2.91. The second-order valence-corrected chi connectivity index (χ2v) is 5.82. The topological polar surface area (TPSA) is 87.3 Å². The number of aryl methyl sites for hydroxylation is 1. The molecule has 0 bridgehead atoms. The molecule has 0 aliphatic carbocycles. The van der Waals surface area contributed by atoms with E-state index in [0.29, 0.717) is 23.0 Å². The van der Waals surface area contributed by atoms with Crippen LogP contribution in [0.1, 0.15) is 28.5 Å². The van der Waals surface area contributed by atoms with Crippen molar-refractivity contribution < 1.29 is 14.6 Å². The standard InChI is InChI=1S/C20H19N3O3/c1-3-26-20(25)19-15-10-18(24)13(11-21)9-16(15)23(2)17(19)12-22-14-7-5-4-6-8-14/h4-10,22,24H,3,12H2,1-2H3. The van der Waals surface area contributed by atoms with E-state index in [2.05, 4.69) is 5.32 Å². The largest absolute Gasteiger partial charge is 0.507 e. The van der Waals surface area contributed by atoms with Crippen LogP contribution in [0, 0.1) is 11.3 Å². The van der Waals surface area contributed by atoms with Crippen LogP contribution in [0.15, 0.2) is 42.5 Å². The fourth-order valence-corrected chi connectivity index (χ4v) is 2.99. The van der Waals surface area contributed by atoms with Crippen LogP contribution in [0.25, 0.3) is 10.9 Å². The minimum atomic E-state index is -0.452. The molecule has 1 heterocycles. The normalized spacial score (nSPS) is 10.5. The Kier molecular flexibility index (Phi) is 4.81. The molecule has 3 aromatic rings. The summed E-state index contributed by atoms with van der Waals surface area (Å²) >= 11 is 0. The summed E-state index contributed by atoms with van der Waals surface area (Å²) in [4.78, 5) is 12.6. The number of ether oxygens (including phenoxy) is 1. The zero-order chi connectivity index (χ0) is 18.7. The highest BCUT2D eigenvalue weighted by molar-refractivity contribution is 6.06. The Labute approximate surface area is 151 Å². The second-order valence-electron chi connectivity index (χ2n) is 5.82. The molecule has 6 heteroatoms. The van der Waals surface area contributed by atoms with Gasteiger partial charge in [-0.1, -0.05) is 18.2 Å². The lowest BCUT2D eigenvalue weighted by Crippen LogP contribution is -2.12. The lowest BCUT2D eigenvalue weighted by molar-refractivity contribution is 0.0527. The fraction of sp³-hybridized carbons (Fsp3) is 0.200. The Bertz CT molecular complexity index is 1000. The molecule has 0 aliphatic rings. The number of hydrogen-bond acceptors (Lipinski definition) is 5. The number of nitriles is 1. The van der Waals surface area contributed by atoms with Crippen molar-refractivity contribution in [3.05, 3.63) is 59.3 Å². The molecule has 2 N–H and O–H groups in total. The lowest BCUT2D eigenvalue weighted by atomic mass is 10.1. The highest BCUT2D eigenvalue weighted by Crippen LogP contribution is 2.32. The van der Waals surface area contributed by atoms with Gasteiger partial charge in [-0.05, 0) is 31.2 Å². The molecular weight excluding hydrogens is 330 g/mol. The number of aromatic hydroxyl groups is 1. The summed E-state index contributed by atoms with van der Waals surface area (Å²) in [5.41, 5.74) is 2.89. The van der Waals surface area contributed by atoms with E-state index in [1.165, 1.54) is 6.07 Å². The van der Waals surface area contributed by atoms with Gasteiger partial charge in [0.15, 0.2) is 0 Å². The maximum absolute atomic E-state index is 12.6. The first-order valence-electron chi connectivity index (χ1n) is 8.27. The number of carbonyl (C=O) groups is 1. The number of nitrogens with zero attached hydrogens (tertiary/aromatic N) is 2. The molecule has 0 unspecified atom stereocenters. The van der Waals surface area contributed by atoms with E-state index in [4.69, 9.17) is 10.00 Å². The zero-order valence-electron chi connectivity index (χ0n) is 14.6. The lowest BCUT2D eigenvalue weighted by Gasteiger charge is -2.10. The molecule has 132 valence electrons. The van der Waals surface area contributed by atoms with E-state index in [9.17, 15) is 9.90 Å². The SMILES string of the molecule is CCOC(=O)c1c(CNc2ccccc2)n(C)c2cc(C#N)c(O)cc12. The molecule has 3 rings (SSSR count). The number of fused-ring (bicyclic) bond motifs is 1. The monoisotopic (exact) mass is 349 g/mol. The number of nitrogens with one attached hydrogen (secondary N) is 1. The number of phenolic OH excluding ortho intramolecular Hbond substituents is 1. The molecule has 0 saturated heterocycles. The molecule has 0 radical (unpaired) electrons. The van der Waals surface area contributed by atoms with E-state index < -0.39 is 5.97 Å². The molecule has 0 fully saturated rings. The van der Waals surface area contributed by atoms with Gasteiger partial charge in [0.2, 0.25) is 0 Å². The third-order valence-corrected chi connectivity index (χ3v) is 4.27. The molecule has 0 atom stereocenters. The summed E-state index contributed by atoms with van der Waals surface area (Å²) in [5.74, 6) is -0.606. The average molecular weight is 349 g/mol. The van der Waals surface area contributed by atoms with Gasteiger partial charge in [-0.2, -0.15) is 5.26 Å². The van der Waals surface area contributed by atoms with Crippen molar-refractivity contribution in [1.29, 1.82) is 5.26 Å². The second kappa shape index (κ2) is 7.19. The van der Waals surface area contributed by atoms with Crippen LogP contribution < -0.4 is 5.32 Å². The van der Waals surface area contributed by atoms with E-state index in [1.807, 2.05) is 48.0 Å². The molecule has 2 aromatic carbocycles. The Morgan fingerprint density at radius 2 is 2.04 bits per heavy atom. The fourth-order valence-electron chi connectivity index (χ4n) is 2.99. The van der Waals surface area contributed by atoms with Crippen LogP contribution >= 0.6 is 0 Å². The van der Waals surface area contributed by atoms with Crippen molar-refractivity contribution in [3.63, 3.8) is 0 Å². The third-order valence-electron chi connectivity index (χ3n) is 4.27. The molecule has 0 saturated carbocycles. The smallest absolute Gasteiger partial charge is 0.340 e. The van der Waals surface area contributed by atoms with Gasteiger partial charge < -0.3 is 19.7 Å². The first-order chi connectivity index (χ1) is 12.6. The van der Waals surface area contributed by atoms with Gasteiger partial charge in [-0.3, -0.25) is 0 Å². The molecular formula is C20H19N3O3. The summed E-state index contributed by atoms with van der Waals surface area (Å²) < 4.78 is 7.06. The molecule has 0 spiro atoms. The summed E-state index contributed by atoms with van der Waals surface area (Å²) in [6.45, 7) is 2.39. The first-order valence-corrected chi connectivity index (χ1v) is 8.27. The Morgan fingerprint density at radius 1 is 1.31 bits per heavy atom. The molecule has 6 nitrogen and oxygen atoms in total. The summed E-state index contributed by atoms with van der Waals surface area (Å²) in [7, 11) is 1.82. The predicted octanol–water partition coefficient (Wildman–Crippen LogP) is 3.54. The molecule has 26 heavy (non-hydrogen) atoms. The number of hydrogen-bond donors (Lipinski definition) is 2. The van der Waals surface area contributed by atoms with Gasteiger partial charge in [-0.15, -0.1) is 0 Å². The van der Waals surface area contributed by atoms with Crippen molar-refractivity contribution in [2.45, 2.75) is 13.5 Å². The van der Waals surface area contributed by atoms with Crippen LogP contribution in [0.5, 0.6) is 5.75 Å². The zero-order valence-corrected chi connectivity index (χ0v) is 14.6. The highest BCUT2D eigenvalue weighted by Gasteiger charge is 2.23. The third kappa shape index (κ3) is 3.07. The number of anilines is 1. The Balaban J connectivity index is 2.13. The Morgan fingerprint density at radius 3 is 2.69 bits per heavy atom. The van der Waals surface area contributed by atoms with Crippen molar-refractivity contribution in [2.75, 3.05) is 11.9 Å². The molecule has 1 aromatic heterocycles. The Hall–Kier alpha value is -3.46. The van der Waals surface area contributed by atoms with Crippen LogP contribution in [0.2, 0.25) is 0 Å². The van der Waals surface area contributed by atoms with Crippen LogP contribution in [-0.4, -0.2) is 22.2 Å². The number of esters is 1. The minimum absolute atomic E-state index is 0.154. The van der Waals surface area contributed by atoms with Crippen molar-refractivity contribution in [2.24, 2.45) is 7.05 Å². The quantitative estimate of drug-likeness (QED) is 0.688. The number of benzene rings is 2. The van der Waals surface area contributed by atoms with E-state index >= 15 is 0 Å². The van der Waals surface area contributed by atoms with Gasteiger partial charge in [0.05, 0.1) is 35.5 Å². The van der Waals surface area contributed by atoms with Crippen molar-refractivity contribution in [1.82, 2.24) is 4.57 Å². The molecule has 0 amide bonds. The summed E-state index contributed by atoms with van der Waals surface area (Å²) in [5, 5.41) is 23.1. The van der Waals surface area contributed by atoms with Gasteiger partial charge in [0.25, 0.3) is 0 Å². The van der Waals surface area contributed by atoms with Crippen LogP contribution in [0.3, 0.4) is 0 Å². The molecule has 0 aliphatic heterocycles. The van der Waals surface area contributed by atoms with E-state index in [-0.39, 0.29) is 17.9 Å². The number of aromatic nitrogens is 1. The van der Waals surface area contributed by atoms with E-state index in [1.54, 1.807) is 13.0 Å². The van der Waals surface area contributed by atoms with E-state index in [0.717, 1.165) is 11.4 Å². The minimum Gasteiger partial charge on any atom is -0.507 e. The number of phenols is 1. The van der Waals surface area contributed by atoms with Crippen LogP contribution in [-0.2, 0) is 18.3 Å². The number of para-hydroxylation sites is 1. The summed E-state index contributed by atoms with van der Waals surface area (Å²) in [6, 6.07) is 14.6. The van der Waals surface area contributed by atoms with Crippen molar-refractivity contribution >= 4 is 22.6 Å². The maximum atomic E-state index is 12.6. The maximum Gasteiger partial charge on any atom is 0.340 e. The number of carbonyl (C=O) groups excluding carboxylic acids is 1. The highest BCUT2D eigenvalue weighted by atomic mass is 16.5. The predicted molar refractivity (Wildman–Crippen MR) is 99.0 cm³/mol. The van der Waals surface area contributed by atoms with Gasteiger partial charge in [-0.25, -0.2) is 4.79 Å². The number of rotatable bonds is 5. The van der Waals surface area contributed by atoms with Crippen LogP contribution in [0.4, 0.5) is 5.69 Å². The summed E-state index contributed by atoms with van der Waals surface area (Å²) in [6.07, 6.45) is 0.